The van der Waals surface area contributed by atoms with E-state index in [9.17, 15) is 4.79 Å². The Morgan fingerprint density at radius 2 is 2.20 bits per heavy atom. The van der Waals surface area contributed by atoms with Crippen LogP contribution in [0.1, 0.15) is 10.6 Å². The van der Waals surface area contributed by atoms with E-state index in [1.54, 1.807) is 18.3 Å². The number of hydrogen-bond donors (Lipinski definition) is 1. The lowest BCUT2D eigenvalue weighted by Gasteiger charge is -2.19. The maximum Gasteiger partial charge on any atom is 0.292 e. The first-order valence-corrected chi connectivity index (χ1v) is 6.58. The van der Waals surface area contributed by atoms with Crippen molar-refractivity contribution < 1.29 is 13.9 Å². The van der Waals surface area contributed by atoms with E-state index in [4.69, 9.17) is 9.15 Å². The minimum absolute atomic E-state index is 0.195. The number of hydrogen-bond acceptors (Lipinski definition) is 5. The second-order valence-electron chi connectivity index (χ2n) is 4.16. The molecule has 2 aromatic heterocycles. The van der Waals surface area contributed by atoms with Crippen molar-refractivity contribution in [3.8, 4) is 5.88 Å². The highest BCUT2D eigenvalue weighted by Gasteiger charge is 2.19. The van der Waals surface area contributed by atoms with Crippen LogP contribution in [0.25, 0.3) is 0 Å². The fraction of sp³-hybridized carbons (Fsp3) is 0.231. The normalized spacial score (nSPS) is 10.2. The topological polar surface area (TPSA) is 67.6 Å². The lowest BCUT2D eigenvalue weighted by molar-refractivity contribution is 0.0995. The van der Waals surface area contributed by atoms with E-state index in [1.165, 1.54) is 13.4 Å². The van der Waals surface area contributed by atoms with Gasteiger partial charge in [0.25, 0.3) is 5.91 Å². The molecule has 7 heteroatoms. The molecule has 2 aromatic rings. The first kappa shape index (κ1) is 14.4. The van der Waals surface area contributed by atoms with Gasteiger partial charge in [0.2, 0.25) is 11.6 Å². The van der Waals surface area contributed by atoms with Crippen molar-refractivity contribution in [1.82, 2.24) is 4.98 Å². The highest BCUT2D eigenvalue weighted by atomic mass is 79.9. The van der Waals surface area contributed by atoms with Crippen LogP contribution >= 0.6 is 15.9 Å². The van der Waals surface area contributed by atoms with Gasteiger partial charge in [0.1, 0.15) is 5.69 Å². The average Bonchev–Trinajstić information content (AvgIpc) is 2.85. The number of furan rings is 1. The molecule has 6 nitrogen and oxygen atoms in total. The van der Waals surface area contributed by atoms with Crippen molar-refractivity contribution in [2.24, 2.45) is 0 Å². The number of aromatic nitrogens is 1. The number of amides is 1. The number of halogens is 1. The van der Waals surface area contributed by atoms with Crippen molar-refractivity contribution in [1.29, 1.82) is 0 Å². The zero-order valence-corrected chi connectivity index (χ0v) is 12.9. The number of rotatable bonds is 4. The van der Waals surface area contributed by atoms with E-state index >= 15 is 0 Å². The van der Waals surface area contributed by atoms with Crippen LogP contribution in [0.2, 0.25) is 0 Å². The molecule has 2 rings (SSSR count). The Morgan fingerprint density at radius 3 is 2.75 bits per heavy atom. The van der Waals surface area contributed by atoms with Gasteiger partial charge < -0.3 is 19.4 Å². The van der Waals surface area contributed by atoms with Crippen LogP contribution in [-0.4, -0.2) is 32.1 Å². The molecule has 0 atom stereocenters. The van der Waals surface area contributed by atoms with Crippen LogP contribution in [-0.2, 0) is 0 Å². The van der Waals surface area contributed by atoms with Gasteiger partial charge in [-0.1, -0.05) is 0 Å². The van der Waals surface area contributed by atoms with Crippen LogP contribution < -0.4 is 15.0 Å². The van der Waals surface area contributed by atoms with Crippen molar-refractivity contribution in [2.45, 2.75) is 0 Å². The molecule has 20 heavy (non-hydrogen) atoms. The van der Waals surface area contributed by atoms with E-state index in [2.05, 4.69) is 26.2 Å². The first-order valence-electron chi connectivity index (χ1n) is 5.79. The molecule has 2 heterocycles. The largest absolute Gasteiger partial charge is 0.479 e. The number of ether oxygens (including phenoxy) is 1. The molecule has 0 fully saturated rings. The summed E-state index contributed by atoms with van der Waals surface area (Å²) in [5.41, 5.74) is 1.28. The van der Waals surface area contributed by atoms with Crippen molar-refractivity contribution >= 4 is 33.2 Å². The van der Waals surface area contributed by atoms with Gasteiger partial charge in [-0.25, -0.2) is 4.98 Å². The lowest BCUT2D eigenvalue weighted by Crippen LogP contribution is -2.17. The number of nitrogens with zero attached hydrogens (tertiary/aromatic N) is 2. The highest BCUT2D eigenvalue weighted by molar-refractivity contribution is 9.10. The molecule has 106 valence electrons. The molecule has 0 saturated heterocycles. The maximum atomic E-state index is 12.2. The third-order valence-corrected chi connectivity index (χ3v) is 3.26. The van der Waals surface area contributed by atoms with E-state index in [1.807, 2.05) is 19.0 Å². The fourth-order valence-electron chi connectivity index (χ4n) is 1.70. The number of carbonyl (C=O) groups excluding carboxylic acids is 1. The number of carbonyl (C=O) groups is 1. The van der Waals surface area contributed by atoms with E-state index in [0.29, 0.717) is 16.0 Å². The second-order valence-corrected chi connectivity index (χ2v) is 5.01. The SMILES string of the molecule is COc1nccc(N(C)C)c1NC(=O)c1occc1Br. The number of anilines is 2. The Hall–Kier alpha value is -2.02. The first-order chi connectivity index (χ1) is 9.54. The molecule has 0 aliphatic carbocycles. The molecule has 0 saturated carbocycles. The summed E-state index contributed by atoms with van der Waals surface area (Å²) < 4.78 is 10.9. The highest BCUT2D eigenvalue weighted by Crippen LogP contribution is 2.32. The summed E-state index contributed by atoms with van der Waals surface area (Å²) in [6.45, 7) is 0. The summed E-state index contributed by atoms with van der Waals surface area (Å²) in [4.78, 5) is 18.2. The zero-order chi connectivity index (χ0) is 14.7. The third-order valence-electron chi connectivity index (χ3n) is 2.63. The summed E-state index contributed by atoms with van der Waals surface area (Å²) in [6.07, 6.45) is 3.05. The summed E-state index contributed by atoms with van der Waals surface area (Å²) in [5.74, 6) is 0.157. The Kier molecular flexibility index (Phi) is 4.29. The van der Waals surface area contributed by atoms with E-state index in [-0.39, 0.29) is 11.7 Å². The molecule has 0 aliphatic heterocycles. The van der Waals surface area contributed by atoms with Crippen LogP contribution in [0.15, 0.2) is 33.5 Å². The standard InChI is InChI=1S/C13H14BrN3O3/c1-17(2)9-4-6-15-13(19-3)10(9)16-12(18)11-8(14)5-7-20-11/h4-7H,1-3H3,(H,16,18). The van der Waals surface area contributed by atoms with Crippen LogP contribution in [0.3, 0.4) is 0 Å². The van der Waals surface area contributed by atoms with Gasteiger partial charge in [0, 0.05) is 20.3 Å². The summed E-state index contributed by atoms with van der Waals surface area (Å²) >= 11 is 3.25. The molecule has 1 amide bonds. The molecule has 0 spiro atoms. The third kappa shape index (κ3) is 2.77. The molecular weight excluding hydrogens is 326 g/mol. The van der Waals surface area contributed by atoms with Gasteiger partial charge in [-0.2, -0.15) is 0 Å². The summed E-state index contributed by atoms with van der Waals surface area (Å²) in [5, 5.41) is 2.76. The van der Waals surface area contributed by atoms with Gasteiger partial charge in [0.15, 0.2) is 0 Å². The number of pyridine rings is 1. The van der Waals surface area contributed by atoms with Gasteiger partial charge in [-0.15, -0.1) is 0 Å². The number of methoxy groups -OCH3 is 1. The predicted octanol–water partition coefficient (Wildman–Crippen LogP) is 2.76. The van der Waals surface area contributed by atoms with Crippen LogP contribution in [0.4, 0.5) is 11.4 Å². The molecule has 0 aromatic carbocycles. The Labute approximate surface area is 124 Å². The van der Waals surface area contributed by atoms with Crippen molar-refractivity contribution in [3.63, 3.8) is 0 Å². The fourth-order valence-corrected chi connectivity index (χ4v) is 2.09. The van der Waals surface area contributed by atoms with Gasteiger partial charge in [0.05, 0.1) is 23.5 Å². The second kappa shape index (κ2) is 5.96. The van der Waals surface area contributed by atoms with Gasteiger partial charge >= 0.3 is 0 Å². The molecule has 0 aliphatic rings. The monoisotopic (exact) mass is 339 g/mol. The van der Waals surface area contributed by atoms with E-state index < -0.39 is 0 Å². The van der Waals surface area contributed by atoms with Crippen molar-refractivity contribution in [2.75, 3.05) is 31.4 Å². The van der Waals surface area contributed by atoms with Gasteiger partial charge in [-0.05, 0) is 28.1 Å². The summed E-state index contributed by atoms with van der Waals surface area (Å²) in [7, 11) is 5.24. The molecule has 0 radical (unpaired) electrons. The molecule has 0 unspecified atom stereocenters. The zero-order valence-electron chi connectivity index (χ0n) is 11.3. The quantitative estimate of drug-likeness (QED) is 0.927. The predicted molar refractivity (Wildman–Crippen MR) is 79.5 cm³/mol. The molecule has 1 N–H and O–H groups in total. The Bertz CT molecular complexity index is 625. The minimum atomic E-state index is -0.378. The smallest absolute Gasteiger partial charge is 0.292 e. The lowest BCUT2D eigenvalue weighted by atomic mass is 10.3. The summed E-state index contributed by atoms with van der Waals surface area (Å²) in [6, 6.07) is 3.44. The Morgan fingerprint density at radius 1 is 1.45 bits per heavy atom. The molecular formula is C13H14BrN3O3. The van der Waals surface area contributed by atoms with Crippen molar-refractivity contribution in [3.05, 3.63) is 34.8 Å². The maximum absolute atomic E-state index is 12.2. The van der Waals surface area contributed by atoms with Gasteiger partial charge in [-0.3, -0.25) is 4.79 Å². The van der Waals surface area contributed by atoms with E-state index in [0.717, 1.165) is 5.69 Å². The molecule has 0 bridgehead atoms. The Balaban J connectivity index is 2.37. The van der Waals surface area contributed by atoms with Crippen LogP contribution in [0.5, 0.6) is 5.88 Å². The van der Waals surface area contributed by atoms with Crippen LogP contribution in [0, 0.1) is 0 Å². The average molecular weight is 340 g/mol. The number of nitrogens with one attached hydrogen (secondary N) is 1. The minimum Gasteiger partial charge on any atom is -0.479 e.